The van der Waals surface area contributed by atoms with Crippen LogP contribution in [0.15, 0.2) is 6.33 Å². The van der Waals surface area contributed by atoms with Crippen molar-refractivity contribution in [1.29, 1.82) is 0 Å². The predicted octanol–water partition coefficient (Wildman–Crippen LogP) is 3.63. The molecule has 1 amide bonds. The van der Waals surface area contributed by atoms with Crippen LogP contribution in [0.3, 0.4) is 0 Å². The topological polar surface area (TPSA) is 58.6 Å². The second kappa shape index (κ2) is 7.84. The molecule has 156 valence electrons. The SMILES string of the molecule is CN(C)[C@H]1CC[C@H](Oc2ncnc3sc4c(c23)CN(C(=O)CC2CC2)CC4)CC1. The van der Waals surface area contributed by atoms with Crippen molar-refractivity contribution >= 4 is 27.5 Å². The van der Waals surface area contributed by atoms with E-state index in [4.69, 9.17) is 4.74 Å². The molecular weight excluding hydrogens is 384 g/mol. The van der Waals surface area contributed by atoms with Gasteiger partial charge in [-0.15, -0.1) is 11.3 Å². The van der Waals surface area contributed by atoms with Crippen molar-refractivity contribution < 1.29 is 9.53 Å². The molecule has 0 saturated heterocycles. The highest BCUT2D eigenvalue weighted by Gasteiger charge is 2.31. The van der Waals surface area contributed by atoms with E-state index in [1.54, 1.807) is 17.7 Å². The molecule has 29 heavy (non-hydrogen) atoms. The third-order valence-electron chi connectivity index (χ3n) is 6.76. The smallest absolute Gasteiger partial charge is 0.225 e. The van der Waals surface area contributed by atoms with E-state index < -0.39 is 0 Å². The summed E-state index contributed by atoms with van der Waals surface area (Å²) in [5, 5.41) is 1.05. The van der Waals surface area contributed by atoms with Crippen LogP contribution in [-0.4, -0.2) is 58.5 Å². The quantitative estimate of drug-likeness (QED) is 0.748. The van der Waals surface area contributed by atoms with Gasteiger partial charge in [-0.2, -0.15) is 0 Å². The zero-order valence-electron chi connectivity index (χ0n) is 17.4. The maximum absolute atomic E-state index is 12.7. The van der Waals surface area contributed by atoms with Crippen molar-refractivity contribution in [2.45, 2.75) is 70.1 Å². The van der Waals surface area contributed by atoms with Crippen molar-refractivity contribution in [3.63, 3.8) is 0 Å². The number of carbonyl (C=O) groups excluding carboxylic acids is 1. The van der Waals surface area contributed by atoms with Crippen LogP contribution in [0.1, 0.15) is 55.4 Å². The van der Waals surface area contributed by atoms with Crippen molar-refractivity contribution in [2.24, 2.45) is 5.92 Å². The molecule has 0 bridgehead atoms. The molecule has 0 spiro atoms. The highest BCUT2D eigenvalue weighted by Crippen LogP contribution is 2.40. The van der Waals surface area contributed by atoms with Crippen molar-refractivity contribution in [1.82, 2.24) is 19.8 Å². The molecule has 0 radical (unpaired) electrons. The summed E-state index contributed by atoms with van der Waals surface area (Å²) in [6.07, 6.45) is 10.4. The van der Waals surface area contributed by atoms with E-state index in [2.05, 4.69) is 29.0 Å². The lowest BCUT2D eigenvalue weighted by Crippen LogP contribution is -2.36. The molecule has 1 aliphatic heterocycles. The van der Waals surface area contributed by atoms with E-state index in [1.807, 2.05) is 4.90 Å². The first-order valence-corrected chi connectivity index (χ1v) is 11.8. The Balaban J connectivity index is 1.35. The number of amides is 1. The second-order valence-corrected chi connectivity index (χ2v) is 10.2. The Hall–Kier alpha value is -1.73. The number of hydrogen-bond acceptors (Lipinski definition) is 6. The van der Waals surface area contributed by atoms with Gasteiger partial charge in [-0.3, -0.25) is 4.79 Å². The number of fused-ring (bicyclic) bond motifs is 3. The lowest BCUT2D eigenvalue weighted by Gasteiger charge is -2.32. The molecule has 7 heteroatoms. The summed E-state index contributed by atoms with van der Waals surface area (Å²) >= 11 is 1.74. The fourth-order valence-electron chi connectivity index (χ4n) is 4.72. The summed E-state index contributed by atoms with van der Waals surface area (Å²) in [5.74, 6) is 1.65. The van der Waals surface area contributed by atoms with Crippen LogP contribution in [0.5, 0.6) is 5.88 Å². The Kier molecular flexibility index (Phi) is 5.20. The third kappa shape index (κ3) is 3.99. The van der Waals surface area contributed by atoms with Crippen LogP contribution in [0, 0.1) is 5.92 Å². The van der Waals surface area contributed by atoms with Gasteiger partial charge < -0.3 is 14.5 Å². The minimum absolute atomic E-state index is 0.219. The molecule has 0 N–H and O–H groups in total. The first-order valence-electron chi connectivity index (χ1n) is 10.9. The molecule has 2 aromatic heterocycles. The van der Waals surface area contributed by atoms with Crippen molar-refractivity contribution in [2.75, 3.05) is 20.6 Å². The fraction of sp³-hybridized carbons (Fsp3) is 0.682. The molecule has 3 heterocycles. The number of nitrogens with zero attached hydrogens (tertiary/aromatic N) is 4. The zero-order chi connectivity index (χ0) is 20.0. The van der Waals surface area contributed by atoms with Gasteiger partial charge >= 0.3 is 0 Å². The molecule has 0 atom stereocenters. The molecule has 2 aliphatic carbocycles. The highest BCUT2D eigenvalue weighted by molar-refractivity contribution is 7.18. The Morgan fingerprint density at radius 2 is 2.00 bits per heavy atom. The minimum Gasteiger partial charge on any atom is -0.474 e. The summed E-state index contributed by atoms with van der Waals surface area (Å²) in [5.41, 5.74) is 1.22. The molecule has 0 aromatic carbocycles. The highest BCUT2D eigenvalue weighted by atomic mass is 32.1. The summed E-state index contributed by atoms with van der Waals surface area (Å²) in [7, 11) is 4.32. The summed E-state index contributed by atoms with van der Waals surface area (Å²) in [6.45, 7) is 1.50. The van der Waals surface area contributed by atoms with E-state index in [1.165, 1.54) is 23.3 Å². The lowest BCUT2D eigenvalue weighted by atomic mass is 9.92. The van der Waals surface area contributed by atoms with Gasteiger partial charge in [-0.1, -0.05) is 0 Å². The average molecular weight is 415 g/mol. The maximum Gasteiger partial charge on any atom is 0.225 e. The molecule has 6 nitrogen and oxygen atoms in total. The third-order valence-corrected chi connectivity index (χ3v) is 7.96. The zero-order valence-corrected chi connectivity index (χ0v) is 18.2. The van der Waals surface area contributed by atoms with Gasteiger partial charge in [0.25, 0.3) is 0 Å². The van der Waals surface area contributed by atoms with Gasteiger partial charge in [0.05, 0.1) is 5.39 Å². The van der Waals surface area contributed by atoms with E-state index in [-0.39, 0.29) is 6.10 Å². The van der Waals surface area contributed by atoms with Crippen LogP contribution in [0.2, 0.25) is 0 Å². The fourth-order valence-corrected chi connectivity index (χ4v) is 5.85. The predicted molar refractivity (Wildman–Crippen MR) is 114 cm³/mol. The molecule has 2 aromatic rings. The van der Waals surface area contributed by atoms with Gasteiger partial charge in [0.1, 0.15) is 17.3 Å². The first kappa shape index (κ1) is 19.2. The molecule has 2 fully saturated rings. The lowest BCUT2D eigenvalue weighted by molar-refractivity contribution is -0.132. The van der Waals surface area contributed by atoms with Gasteiger partial charge in [0.15, 0.2) is 0 Å². The molecule has 2 saturated carbocycles. The van der Waals surface area contributed by atoms with Gasteiger partial charge in [-0.05, 0) is 65.0 Å². The first-order chi connectivity index (χ1) is 14.1. The number of rotatable bonds is 5. The summed E-state index contributed by atoms with van der Waals surface area (Å²) in [4.78, 5) is 28.4. The van der Waals surface area contributed by atoms with E-state index in [0.29, 0.717) is 30.8 Å². The van der Waals surface area contributed by atoms with Crippen LogP contribution in [-0.2, 0) is 17.8 Å². The number of carbonyl (C=O) groups is 1. The van der Waals surface area contributed by atoms with Gasteiger partial charge in [0, 0.05) is 36.0 Å². The van der Waals surface area contributed by atoms with Crippen LogP contribution in [0.4, 0.5) is 0 Å². The summed E-state index contributed by atoms with van der Waals surface area (Å²) < 4.78 is 6.42. The van der Waals surface area contributed by atoms with Crippen molar-refractivity contribution in [3.05, 3.63) is 16.8 Å². The maximum atomic E-state index is 12.7. The minimum atomic E-state index is 0.219. The van der Waals surface area contributed by atoms with E-state index in [9.17, 15) is 4.79 Å². The van der Waals surface area contributed by atoms with Gasteiger partial charge in [-0.25, -0.2) is 9.97 Å². The Bertz CT molecular complexity index is 900. The van der Waals surface area contributed by atoms with Crippen LogP contribution >= 0.6 is 11.3 Å². The average Bonchev–Trinajstić information content (AvgIpc) is 3.45. The van der Waals surface area contributed by atoms with E-state index in [0.717, 1.165) is 54.7 Å². The van der Waals surface area contributed by atoms with Crippen molar-refractivity contribution in [3.8, 4) is 5.88 Å². The molecule has 5 rings (SSSR count). The molecular formula is C22H30N4O2S. The Labute approximate surface area is 176 Å². The van der Waals surface area contributed by atoms with E-state index >= 15 is 0 Å². The number of aromatic nitrogens is 2. The standard InChI is InChI=1S/C22H30N4O2S/c1-25(2)15-5-7-16(8-6-15)28-21-20-17-12-26(19(27)11-14-3-4-14)10-9-18(17)29-22(20)24-13-23-21/h13-16H,3-12H2,1-2H3/t15-,16-. The normalized spacial score (nSPS) is 24.7. The largest absolute Gasteiger partial charge is 0.474 e. The molecule has 3 aliphatic rings. The number of thiophene rings is 1. The second-order valence-electron chi connectivity index (χ2n) is 9.09. The molecule has 0 unspecified atom stereocenters. The Morgan fingerprint density at radius 3 is 2.72 bits per heavy atom. The Morgan fingerprint density at radius 1 is 1.21 bits per heavy atom. The number of ether oxygens (including phenoxy) is 1. The van der Waals surface area contributed by atoms with Gasteiger partial charge in [0.2, 0.25) is 11.8 Å². The number of hydrogen-bond donors (Lipinski definition) is 0. The summed E-state index contributed by atoms with van der Waals surface area (Å²) in [6, 6.07) is 0.653. The van der Waals surface area contributed by atoms with Crippen LogP contribution < -0.4 is 4.74 Å². The van der Waals surface area contributed by atoms with Crippen LogP contribution in [0.25, 0.3) is 10.2 Å². The monoisotopic (exact) mass is 414 g/mol.